The zero-order valence-corrected chi connectivity index (χ0v) is 15.7. The smallest absolute Gasteiger partial charge is 0.465 e. The quantitative estimate of drug-likeness (QED) is 0.396. The lowest BCUT2D eigenvalue weighted by molar-refractivity contribution is -0.0590. The zero-order chi connectivity index (χ0) is 20.5. The Bertz CT molecular complexity index is 1120. The van der Waals surface area contributed by atoms with Gasteiger partial charge in [-0.3, -0.25) is 4.79 Å². The number of ether oxygens (including phenoxy) is 2. The van der Waals surface area contributed by atoms with Gasteiger partial charge in [0, 0.05) is 24.3 Å². The van der Waals surface area contributed by atoms with E-state index in [1.165, 1.54) is 18.0 Å². The molecular formula is C18H19BN4O6. The Morgan fingerprint density at radius 1 is 1.38 bits per heavy atom. The number of nitrogens with zero attached hydrogens (tertiary/aromatic N) is 4. The lowest BCUT2D eigenvalue weighted by Gasteiger charge is -2.27. The topological polar surface area (TPSA) is 129 Å². The minimum absolute atomic E-state index is 0.0188. The summed E-state index contributed by atoms with van der Waals surface area (Å²) in [6, 6.07) is 6.19. The van der Waals surface area contributed by atoms with Gasteiger partial charge in [0.2, 0.25) is 0 Å². The zero-order valence-electron chi connectivity index (χ0n) is 15.7. The molecule has 0 spiro atoms. The lowest BCUT2D eigenvalue weighted by Crippen LogP contribution is -2.37. The van der Waals surface area contributed by atoms with Crippen LogP contribution >= 0.6 is 0 Å². The summed E-state index contributed by atoms with van der Waals surface area (Å²) in [7, 11) is -0.440. The maximum atomic E-state index is 12.3. The van der Waals surface area contributed by atoms with Gasteiger partial charge >= 0.3 is 13.1 Å². The summed E-state index contributed by atoms with van der Waals surface area (Å²) in [4.78, 5) is 28.8. The van der Waals surface area contributed by atoms with Gasteiger partial charge in [-0.1, -0.05) is 0 Å². The van der Waals surface area contributed by atoms with Crippen molar-refractivity contribution in [3.05, 3.63) is 52.2 Å². The molecule has 0 amide bonds. The van der Waals surface area contributed by atoms with E-state index >= 15 is 0 Å². The second-order valence-electron chi connectivity index (χ2n) is 6.77. The number of hydrogen-bond acceptors (Lipinski definition) is 8. The van der Waals surface area contributed by atoms with E-state index in [0.717, 1.165) is 18.0 Å². The number of benzene rings is 1. The van der Waals surface area contributed by atoms with E-state index in [0.29, 0.717) is 30.1 Å². The van der Waals surface area contributed by atoms with Crippen LogP contribution in [0.25, 0.3) is 11.0 Å². The second kappa shape index (κ2) is 7.78. The number of esters is 1. The molecule has 1 aliphatic rings. The molecule has 0 unspecified atom stereocenters. The van der Waals surface area contributed by atoms with Crippen molar-refractivity contribution in [2.45, 2.75) is 25.6 Å². The molecule has 29 heavy (non-hydrogen) atoms. The van der Waals surface area contributed by atoms with E-state index in [9.17, 15) is 19.6 Å². The Balaban J connectivity index is 1.75. The van der Waals surface area contributed by atoms with Crippen molar-refractivity contribution in [1.82, 2.24) is 19.3 Å². The average Bonchev–Trinajstić information content (AvgIpc) is 3.01. The molecular weight excluding hydrogens is 379 g/mol. The number of hydrogen-bond donors (Lipinski definition) is 2. The average molecular weight is 398 g/mol. The third kappa shape index (κ3) is 3.79. The molecule has 3 heterocycles. The standard InChI is InChI=1S/C18H19BN4O6/c1-28-18(25)11-2-3-14-15(6-11)22(9-13-4-5-29-13)16(21-14)10-23-17(24)7-12(8-20-23)19(26)27/h2-3,6-8,13,26-27H,4-5,9-10H2,1H3/t13-/m0/s1. The van der Waals surface area contributed by atoms with Gasteiger partial charge in [-0.25, -0.2) is 14.5 Å². The fourth-order valence-electron chi connectivity index (χ4n) is 3.22. The van der Waals surface area contributed by atoms with Crippen LogP contribution in [0.2, 0.25) is 0 Å². The second-order valence-corrected chi connectivity index (χ2v) is 6.77. The Morgan fingerprint density at radius 3 is 2.79 bits per heavy atom. The Kier molecular flexibility index (Phi) is 5.18. The van der Waals surface area contributed by atoms with Crippen molar-refractivity contribution >= 4 is 29.6 Å². The number of aromatic nitrogens is 4. The monoisotopic (exact) mass is 398 g/mol. The molecule has 0 bridgehead atoms. The van der Waals surface area contributed by atoms with Crippen LogP contribution in [0.3, 0.4) is 0 Å². The van der Waals surface area contributed by atoms with E-state index in [1.54, 1.807) is 18.2 Å². The summed E-state index contributed by atoms with van der Waals surface area (Å²) in [5.41, 5.74) is 1.34. The van der Waals surface area contributed by atoms with Gasteiger partial charge in [-0.15, -0.1) is 0 Å². The Labute approximate surface area is 165 Å². The normalized spacial score (nSPS) is 15.9. The molecule has 10 nitrogen and oxygen atoms in total. The van der Waals surface area contributed by atoms with E-state index in [-0.39, 0.29) is 18.1 Å². The fraction of sp³-hybridized carbons (Fsp3) is 0.333. The van der Waals surface area contributed by atoms with Crippen LogP contribution in [0, 0.1) is 0 Å². The first-order valence-corrected chi connectivity index (χ1v) is 9.08. The molecule has 11 heteroatoms. The minimum atomic E-state index is -1.76. The SMILES string of the molecule is COC(=O)c1ccc2nc(Cn3ncc(B(O)O)cc3=O)n(C[C@@H]3CCO3)c2c1. The molecule has 150 valence electrons. The lowest BCUT2D eigenvalue weighted by atomic mass is 9.82. The van der Waals surface area contributed by atoms with Gasteiger partial charge in [0.15, 0.2) is 0 Å². The molecule has 1 saturated heterocycles. The van der Waals surface area contributed by atoms with E-state index in [1.807, 2.05) is 4.57 Å². The molecule has 1 aromatic carbocycles. The van der Waals surface area contributed by atoms with E-state index in [4.69, 9.17) is 9.47 Å². The van der Waals surface area contributed by atoms with Gasteiger partial charge < -0.3 is 24.1 Å². The van der Waals surface area contributed by atoms with Gasteiger partial charge in [-0.05, 0) is 24.6 Å². The van der Waals surface area contributed by atoms with Crippen LogP contribution < -0.4 is 11.0 Å². The van der Waals surface area contributed by atoms with Gasteiger partial charge in [0.1, 0.15) is 12.4 Å². The highest BCUT2D eigenvalue weighted by molar-refractivity contribution is 6.58. The fourth-order valence-corrected chi connectivity index (χ4v) is 3.22. The summed E-state index contributed by atoms with van der Waals surface area (Å²) in [5, 5.41) is 22.4. The molecule has 1 fully saturated rings. The summed E-state index contributed by atoms with van der Waals surface area (Å²) >= 11 is 0. The van der Waals surface area contributed by atoms with Gasteiger partial charge in [-0.2, -0.15) is 5.10 Å². The highest BCUT2D eigenvalue weighted by atomic mass is 16.5. The molecule has 1 aliphatic heterocycles. The molecule has 2 aromatic heterocycles. The number of carbonyl (C=O) groups is 1. The number of imidazole rings is 1. The maximum Gasteiger partial charge on any atom is 0.490 e. The maximum absolute atomic E-state index is 12.3. The van der Waals surface area contributed by atoms with Crippen molar-refractivity contribution in [2.24, 2.45) is 0 Å². The van der Waals surface area contributed by atoms with Crippen LogP contribution in [0.15, 0.2) is 35.3 Å². The van der Waals surface area contributed by atoms with E-state index in [2.05, 4.69) is 10.1 Å². The van der Waals surface area contributed by atoms with E-state index < -0.39 is 18.6 Å². The van der Waals surface area contributed by atoms with Crippen LogP contribution in [0.1, 0.15) is 22.6 Å². The molecule has 2 N–H and O–H groups in total. The summed E-state index contributed by atoms with van der Waals surface area (Å²) < 4.78 is 13.4. The highest BCUT2D eigenvalue weighted by Gasteiger charge is 2.23. The Morgan fingerprint density at radius 2 is 2.17 bits per heavy atom. The van der Waals surface area contributed by atoms with Crippen LogP contribution in [-0.2, 0) is 22.6 Å². The van der Waals surface area contributed by atoms with Gasteiger partial charge in [0.05, 0.1) is 36.4 Å². The molecule has 0 saturated carbocycles. The summed E-state index contributed by atoms with van der Waals surface area (Å²) in [6.45, 7) is 1.31. The largest absolute Gasteiger partial charge is 0.490 e. The summed E-state index contributed by atoms with van der Waals surface area (Å²) in [6.07, 6.45) is 2.17. The van der Waals surface area contributed by atoms with Gasteiger partial charge in [0.25, 0.3) is 5.56 Å². The number of carbonyl (C=O) groups excluding carboxylic acids is 1. The van der Waals surface area contributed by atoms with Crippen LogP contribution in [0.5, 0.6) is 0 Å². The van der Waals surface area contributed by atoms with Crippen molar-refractivity contribution in [2.75, 3.05) is 13.7 Å². The minimum Gasteiger partial charge on any atom is -0.465 e. The number of rotatable bonds is 6. The van der Waals surface area contributed by atoms with Crippen LogP contribution in [0.4, 0.5) is 0 Å². The molecule has 3 aromatic rings. The third-order valence-electron chi connectivity index (χ3n) is 4.91. The van der Waals surface area contributed by atoms with Crippen molar-refractivity contribution in [3.63, 3.8) is 0 Å². The van der Waals surface area contributed by atoms with Crippen LogP contribution in [-0.4, -0.2) is 62.3 Å². The van der Waals surface area contributed by atoms with Crippen molar-refractivity contribution in [1.29, 1.82) is 0 Å². The molecule has 1 atom stereocenters. The third-order valence-corrected chi connectivity index (χ3v) is 4.91. The summed E-state index contributed by atoms with van der Waals surface area (Å²) in [5.74, 6) is 0.126. The molecule has 4 rings (SSSR count). The predicted octanol–water partition coefficient (Wildman–Crippen LogP) is -1.10. The molecule has 0 aliphatic carbocycles. The van der Waals surface area contributed by atoms with Crippen molar-refractivity contribution < 1.29 is 24.3 Å². The Hall–Kier alpha value is -3.02. The first-order valence-electron chi connectivity index (χ1n) is 9.08. The molecule has 0 radical (unpaired) electrons. The first kappa shape index (κ1) is 19.3. The number of fused-ring (bicyclic) bond motifs is 1. The predicted molar refractivity (Wildman–Crippen MR) is 103 cm³/mol. The van der Waals surface area contributed by atoms with Crippen molar-refractivity contribution in [3.8, 4) is 0 Å². The number of methoxy groups -OCH3 is 1. The highest BCUT2D eigenvalue weighted by Crippen LogP contribution is 2.22. The first-order chi connectivity index (χ1) is 14.0.